The van der Waals surface area contributed by atoms with Gasteiger partial charge in [-0.2, -0.15) is 18.2 Å². The molecule has 2 atom stereocenters. The molecule has 0 unspecified atom stereocenters. The van der Waals surface area contributed by atoms with Crippen molar-refractivity contribution in [1.82, 2.24) is 15.3 Å². The summed E-state index contributed by atoms with van der Waals surface area (Å²) in [5, 5.41) is 2.73. The zero-order valence-corrected chi connectivity index (χ0v) is 13.7. The molecule has 3 N–H and O–H groups in total. The molecule has 1 aliphatic rings. The molecule has 0 radical (unpaired) electrons. The van der Waals surface area contributed by atoms with E-state index in [0.717, 1.165) is 0 Å². The molecule has 1 aromatic rings. The van der Waals surface area contributed by atoms with Crippen molar-refractivity contribution in [2.24, 2.45) is 11.8 Å². The number of nitrogens with one attached hydrogen (secondary N) is 1. The van der Waals surface area contributed by atoms with Crippen LogP contribution in [0.3, 0.4) is 0 Å². The standard InChI is InChI=1S/C15H22F3N5O/c1-9(2)10-7-23(14-20-6-4-12(19)22-14)8-11(10)21-13(24)3-5-15(16,17)18/h4,6,9-11H,3,5,7-8H2,1-2H3,(H,21,24)(H2,19,20,22)/t10-,11+/m1/s1. The van der Waals surface area contributed by atoms with E-state index in [-0.39, 0.29) is 17.9 Å². The molecule has 1 aromatic heterocycles. The summed E-state index contributed by atoms with van der Waals surface area (Å²) in [6.45, 7) is 5.10. The predicted octanol–water partition coefficient (Wildman–Crippen LogP) is 1.98. The number of hydrogen-bond acceptors (Lipinski definition) is 5. The fraction of sp³-hybridized carbons (Fsp3) is 0.667. The van der Waals surface area contributed by atoms with Crippen LogP contribution in [0.4, 0.5) is 24.9 Å². The van der Waals surface area contributed by atoms with Gasteiger partial charge in [-0.3, -0.25) is 4.79 Å². The van der Waals surface area contributed by atoms with E-state index >= 15 is 0 Å². The van der Waals surface area contributed by atoms with Gasteiger partial charge >= 0.3 is 6.18 Å². The highest BCUT2D eigenvalue weighted by molar-refractivity contribution is 5.76. The number of hydrogen-bond donors (Lipinski definition) is 2. The summed E-state index contributed by atoms with van der Waals surface area (Å²) < 4.78 is 36.7. The fourth-order valence-electron chi connectivity index (χ4n) is 2.87. The first-order chi connectivity index (χ1) is 11.2. The zero-order valence-electron chi connectivity index (χ0n) is 13.7. The van der Waals surface area contributed by atoms with Gasteiger partial charge < -0.3 is 16.0 Å². The molecular formula is C15H22F3N5O. The number of halogens is 3. The van der Waals surface area contributed by atoms with Crippen molar-refractivity contribution in [2.75, 3.05) is 23.7 Å². The van der Waals surface area contributed by atoms with Crippen molar-refractivity contribution in [3.8, 4) is 0 Å². The van der Waals surface area contributed by atoms with Crippen molar-refractivity contribution < 1.29 is 18.0 Å². The van der Waals surface area contributed by atoms with E-state index in [9.17, 15) is 18.0 Å². The molecule has 9 heteroatoms. The van der Waals surface area contributed by atoms with E-state index in [0.29, 0.717) is 24.9 Å². The van der Waals surface area contributed by atoms with Gasteiger partial charge in [0.1, 0.15) is 5.82 Å². The molecule has 0 spiro atoms. The van der Waals surface area contributed by atoms with E-state index in [1.54, 1.807) is 12.3 Å². The van der Waals surface area contributed by atoms with Gasteiger partial charge in [0.25, 0.3) is 0 Å². The van der Waals surface area contributed by atoms with Gasteiger partial charge in [0.2, 0.25) is 11.9 Å². The average molecular weight is 345 g/mol. The number of aromatic nitrogens is 2. The van der Waals surface area contributed by atoms with Crippen LogP contribution in [0.1, 0.15) is 26.7 Å². The third-order valence-electron chi connectivity index (χ3n) is 4.15. The van der Waals surface area contributed by atoms with Crippen LogP contribution in [0.5, 0.6) is 0 Å². The van der Waals surface area contributed by atoms with Crippen LogP contribution in [0, 0.1) is 11.8 Å². The smallest absolute Gasteiger partial charge is 0.384 e. The second kappa shape index (κ2) is 7.23. The number of nitrogens with two attached hydrogens (primary N) is 1. The van der Waals surface area contributed by atoms with Gasteiger partial charge in [-0.05, 0) is 12.0 Å². The Balaban J connectivity index is 2.01. The van der Waals surface area contributed by atoms with Gasteiger partial charge in [0.05, 0.1) is 12.5 Å². The number of nitrogen functional groups attached to an aromatic ring is 1. The molecule has 0 bridgehead atoms. The first-order valence-electron chi connectivity index (χ1n) is 7.85. The lowest BCUT2D eigenvalue weighted by Gasteiger charge is -2.22. The Bertz CT molecular complexity index is 578. The highest BCUT2D eigenvalue weighted by Crippen LogP contribution is 2.28. The van der Waals surface area contributed by atoms with Crippen LogP contribution >= 0.6 is 0 Å². The fourth-order valence-corrected chi connectivity index (χ4v) is 2.87. The molecule has 6 nitrogen and oxygen atoms in total. The Morgan fingerprint density at radius 1 is 1.46 bits per heavy atom. The maximum Gasteiger partial charge on any atom is 0.389 e. The maximum atomic E-state index is 12.2. The monoisotopic (exact) mass is 345 g/mol. The Hall–Kier alpha value is -2.06. The van der Waals surface area contributed by atoms with E-state index in [2.05, 4.69) is 15.3 Å². The van der Waals surface area contributed by atoms with Crippen molar-refractivity contribution in [2.45, 2.75) is 38.9 Å². The van der Waals surface area contributed by atoms with Crippen molar-refractivity contribution >= 4 is 17.7 Å². The summed E-state index contributed by atoms with van der Waals surface area (Å²) in [6, 6.07) is 1.34. The SMILES string of the molecule is CC(C)[C@H]1CN(c2nccc(N)n2)C[C@@H]1NC(=O)CCC(F)(F)F. The van der Waals surface area contributed by atoms with Crippen molar-refractivity contribution in [3.63, 3.8) is 0 Å². The van der Waals surface area contributed by atoms with Crippen LogP contribution in [0.2, 0.25) is 0 Å². The first-order valence-corrected chi connectivity index (χ1v) is 7.85. The molecule has 1 aliphatic heterocycles. The molecule has 0 aliphatic carbocycles. The molecule has 0 saturated carbocycles. The number of alkyl halides is 3. The molecule has 2 heterocycles. The predicted molar refractivity (Wildman–Crippen MR) is 84.2 cm³/mol. The third-order valence-corrected chi connectivity index (χ3v) is 4.15. The highest BCUT2D eigenvalue weighted by Gasteiger charge is 2.37. The molecule has 2 rings (SSSR count). The average Bonchev–Trinajstić information content (AvgIpc) is 2.88. The Labute approximate surface area is 138 Å². The summed E-state index contributed by atoms with van der Waals surface area (Å²) in [4.78, 5) is 22.1. The molecule has 1 fully saturated rings. The van der Waals surface area contributed by atoms with Crippen LogP contribution < -0.4 is 16.0 Å². The third kappa shape index (κ3) is 4.97. The molecule has 0 aromatic carbocycles. The summed E-state index contributed by atoms with van der Waals surface area (Å²) in [5.41, 5.74) is 5.66. The van der Waals surface area contributed by atoms with Crippen molar-refractivity contribution in [3.05, 3.63) is 12.3 Å². The van der Waals surface area contributed by atoms with Crippen LogP contribution in [0.15, 0.2) is 12.3 Å². The number of rotatable bonds is 5. The molecule has 24 heavy (non-hydrogen) atoms. The summed E-state index contributed by atoms with van der Waals surface area (Å²) in [7, 11) is 0. The largest absolute Gasteiger partial charge is 0.389 e. The van der Waals surface area contributed by atoms with Crippen LogP contribution in [0.25, 0.3) is 0 Å². The van der Waals surface area contributed by atoms with Gasteiger partial charge in [0, 0.05) is 31.6 Å². The number of nitrogens with zero attached hydrogens (tertiary/aromatic N) is 3. The maximum absolute atomic E-state index is 12.2. The Morgan fingerprint density at radius 3 is 2.75 bits per heavy atom. The number of carbonyl (C=O) groups is 1. The Morgan fingerprint density at radius 2 is 2.17 bits per heavy atom. The van der Waals surface area contributed by atoms with Gasteiger partial charge in [0.15, 0.2) is 0 Å². The van der Waals surface area contributed by atoms with E-state index in [4.69, 9.17) is 5.73 Å². The summed E-state index contributed by atoms with van der Waals surface area (Å²) in [6.07, 6.45) is -4.44. The highest BCUT2D eigenvalue weighted by atomic mass is 19.4. The Kier molecular flexibility index (Phi) is 5.51. The van der Waals surface area contributed by atoms with Crippen LogP contribution in [-0.2, 0) is 4.79 Å². The topological polar surface area (TPSA) is 84.1 Å². The van der Waals surface area contributed by atoms with E-state index in [1.165, 1.54) is 0 Å². The van der Waals surface area contributed by atoms with E-state index < -0.39 is 24.9 Å². The molecular weight excluding hydrogens is 323 g/mol. The van der Waals surface area contributed by atoms with Gasteiger partial charge in [-0.15, -0.1) is 0 Å². The summed E-state index contributed by atoms with van der Waals surface area (Å²) >= 11 is 0. The second-order valence-corrected chi connectivity index (χ2v) is 6.38. The number of carbonyl (C=O) groups excluding carboxylic acids is 1. The number of amides is 1. The van der Waals surface area contributed by atoms with Crippen LogP contribution in [-0.4, -0.2) is 41.2 Å². The lowest BCUT2D eigenvalue weighted by Crippen LogP contribution is -2.42. The zero-order chi connectivity index (χ0) is 17.9. The lowest BCUT2D eigenvalue weighted by molar-refractivity contribution is -0.144. The summed E-state index contributed by atoms with van der Waals surface area (Å²) in [5.74, 6) is 0.582. The van der Waals surface area contributed by atoms with E-state index in [1.807, 2.05) is 18.7 Å². The second-order valence-electron chi connectivity index (χ2n) is 6.38. The number of anilines is 2. The van der Waals surface area contributed by atoms with Crippen molar-refractivity contribution in [1.29, 1.82) is 0 Å². The molecule has 1 saturated heterocycles. The normalized spacial score (nSPS) is 21.3. The van der Waals surface area contributed by atoms with Gasteiger partial charge in [-0.25, -0.2) is 4.98 Å². The van der Waals surface area contributed by atoms with Gasteiger partial charge in [-0.1, -0.05) is 13.8 Å². The molecule has 134 valence electrons. The minimum absolute atomic E-state index is 0.102. The first kappa shape index (κ1) is 18.3. The molecule has 1 amide bonds. The minimum Gasteiger partial charge on any atom is -0.384 e. The lowest BCUT2D eigenvalue weighted by atomic mass is 9.91. The quantitative estimate of drug-likeness (QED) is 0.852. The minimum atomic E-state index is -4.33.